The largest absolute Gasteiger partial charge is 0.448 e. The van der Waals surface area contributed by atoms with Crippen molar-refractivity contribution >= 4 is 40.7 Å². The van der Waals surface area contributed by atoms with E-state index in [9.17, 15) is 0 Å². The predicted molar refractivity (Wildman–Crippen MR) is 153 cm³/mol. The Bertz CT molecular complexity index is 1150. The normalized spacial score (nSPS) is 23.3. The van der Waals surface area contributed by atoms with Crippen LogP contribution in [0.1, 0.15) is 23.6 Å². The molecule has 208 valence electrons. The summed E-state index contributed by atoms with van der Waals surface area (Å²) in [6, 6.07) is 29.6. The van der Waals surface area contributed by atoms with Gasteiger partial charge in [-0.2, -0.15) is 0 Å². The summed E-state index contributed by atoms with van der Waals surface area (Å²) in [6.45, 7) is 3.22. The molecule has 1 N–H and O–H groups in total. The fraction of sp³-hybridized carbons (Fsp3) is 0.367. The molecule has 1 aliphatic rings. The molecular formula is C30H32Cl3NO5. The Hall–Kier alpha value is -2.16. The summed E-state index contributed by atoms with van der Waals surface area (Å²) in [7, 11) is 0. The van der Waals surface area contributed by atoms with Gasteiger partial charge in [0.25, 0.3) is 3.79 Å². The van der Waals surface area contributed by atoms with Crippen molar-refractivity contribution in [2.75, 3.05) is 6.61 Å². The van der Waals surface area contributed by atoms with Gasteiger partial charge in [-0.1, -0.05) is 133 Å². The molecule has 5 atom stereocenters. The monoisotopic (exact) mass is 591 g/mol. The summed E-state index contributed by atoms with van der Waals surface area (Å²) < 4.78 is 29.0. The molecule has 0 spiro atoms. The van der Waals surface area contributed by atoms with Crippen molar-refractivity contribution in [3.05, 3.63) is 108 Å². The number of hydrogen-bond acceptors (Lipinski definition) is 6. The van der Waals surface area contributed by atoms with E-state index in [1.54, 1.807) is 0 Å². The second kappa shape index (κ2) is 14.5. The first-order chi connectivity index (χ1) is 18.8. The number of alkyl halides is 3. The maximum absolute atomic E-state index is 8.13. The van der Waals surface area contributed by atoms with Gasteiger partial charge in [0.1, 0.15) is 12.2 Å². The molecule has 0 amide bonds. The maximum atomic E-state index is 8.13. The molecule has 6 nitrogen and oxygen atoms in total. The van der Waals surface area contributed by atoms with Crippen LogP contribution in [0.3, 0.4) is 0 Å². The molecule has 3 aromatic carbocycles. The number of rotatable bonds is 11. The Morgan fingerprint density at radius 1 is 0.744 bits per heavy atom. The third-order valence-corrected chi connectivity index (χ3v) is 6.92. The SMILES string of the molecule is CC1[C@H](OC(=N)C(Cl)(Cl)Cl)OC(COCc2ccccc2)[C@H](OCc2ccccc2)[C@@H]1OCc1ccccc1. The molecule has 1 heterocycles. The maximum Gasteiger partial charge on any atom is 0.265 e. The van der Waals surface area contributed by atoms with Gasteiger partial charge in [0, 0.05) is 5.92 Å². The molecular weight excluding hydrogens is 561 g/mol. The molecule has 1 fully saturated rings. The average Bonchev–Trinajstić information content (AvgIpc) is 2.94. The molecule has 0 aliphatic carbocycles. The van der Waals surface area contributed by atoms with Gasteiger partial charge in [0.05, 0.1) is 32.5 Å². The second-order valence-electron chi connectivity index (χ2n) is 9.37. The van der Waals surface area contributed by atoms with Gasteiger partial charge >= 0.3 is 0 Å². The van der Waals surface area contributed by atoms with Gasteiger partial charge in [-0.15, -0.1) is 0 Å². The Morgan fingerprint density at radius 2 is 1.21 bits per heavy atom. The molecule has 1 saturated heterocycles. The van der Waals surface area contributed by atoms with Gasteiger partial charge in [-0.25, -0.2) is 0 Å². The van der Waals surface area contributed by atoms with Crippen LogP contribution >= 0.6 is 34.8 Å². The third kappa shape index (κ3) is 8.92. The highest BCUT2D eigenvalue weighted by Crippen LogP contribution is 2.35. The standard InChI is InChI=1S/C30H32Cl3NO5/c1-21-26(36-18-23-13-7-3-8-14-23)27(37-19-24-15-9-4-10-16-24)25(20-35-17-22-11-5-2-6-12-22)38-28(21)39-29(34)30(31,32)33/h2-16,21,25-28,34H,17-20H2,1H3/t21?,25?,26-,27+,28+/m1/s1. The molecule has 0 bridgehead atoms. The fourth-order valence-corrected chi connectivity index (χ4v) is 4.47. The number of halogens is 3. The first-order valence-electron chi connectivity index (χ1n) is 12.7. The first-order valence-corrected chi connectivity index (χ1v) is 13.8. The number of benzene rings is 3. The Balaban J connectivity index is 1.56. The lowest BCUT2D eigenvalue weighted by Crippen LogP contribution is -2.58. The van der Waals surface area contributed by atoms with E-state index in [0.29, 0.717) is 19.8 Å². The van der Waals surface area contributed by atoms with Crippen LogP contribution in [0.4, 0.5) is 0 Å². The van der Waals surface area contributed by atoms with Crippen LogP contribution in [0.2, 0.25) is 0 Å². The van der Waals surface area contributed by atoms with E-state index in [4.69, 9.17) is 63.9 Å². The lowest BCUT2D eigenvalue weighted by atomic mass is 9.91. The van der Waals surface area contributed by atoms with Crippen LogP contribution in [0, 0.1) is 11.3 Å². The van der Waals surface area contributed by atoms with Gasteiger partial charge in [-0.05, 0) is 16.7 Å². The van der Waals surface area contributed by atoms with Gasteiger partial charge < -0.3 is 23.7 Å². The summed E-state index contributed by atoms with van der Waals surface area (Å²) in [5.74, 6) is -0.897. The average molecular weight is 593 g/mol. The van der Waals surface area contributed by atoms with Crippen molar-refractivity contribution in [3.63, 3.8) is 0 Å². The first kappa shape index (κ1) is 29.8. The van der Waals surface area contributed by atoms with Crippen LogP contribution < -0.4 is 0 Å². The summed E-state index contributed by atoms with van der Waals surface area (Å²) in [6.07, 6.45) is -2.47. The number of ether oxygens (including phenoxy) is 5. The quantitative estimate of drug-likeness (QED) is 0.146. The minimum absolute atomic E-state index is 0.202. The summed E-state index contributed by atoms with van der Waals surface area (Å²) in [5.41, 5.74) is 3.07. The van der Waals surface area contributed by atoms with E-state index < -0.39 is 34.3 Å². The van der Waals surface area contributed by atoms with Crippen molar-refractivity contribution in [1.29, 1.82) is 5.41 Å². The molecule has 3 aromatic rings. The Kier molecular flexibility index (Phi) is 11.1. The zero-order valence-electron chi connectivity index (χ0n) is 21.6. The third-order valence-electron chi connectivity index (χ3n) is 6.40. The van der Waals surface area contributed by atoms with Crippen LogP contribution in [0.5, 0.6) is 0 Å². The topological polar surface area (TPSA) is 70.0 Å². The molecule has 0 saturated carbocycles. The Morgan fingerprint density at radius 3 is 1.69 bits per heavy atom. The minimum atomic E-state index is -2.02. The molecule has 0 aromatic heterocycles. The van der Waals surface area contributed by atoms with Crippen LogP contribution in [0.15, 0.2) is 91.0 Å². The second-order valence-corrected chi connectivity index (χ2v) is 11.7. The van der Waals surface area contributed by atoms with Crippen LogP contribution in [0.25, 0.3) is 0 Å². The van der Waals surface area contributed by atoms with E-state index in [-0.39, 0.29) is 12.5 Å². The minimum Gasteiger partial charge on any atom is -0.448 e. The van der Waals surface area contributed by atoms with E-state index in [1.165, 1.54) is 0 Å². The lowest BCUT2D eigenvalue weighted by molar-refractivity contribution is -0.285. The smallest absolute Gasteiger partial charge is 0.265 e. The zero-order valence-corrected chi connectivity index (χ0v) is 23.8. The summed E-state index contributed by atoms with van der Waals surface area (Å²) in [5, 5.41) is 8.13. The highest BCUT2D eigenvalue weighted by Gasteiger charge is 2.48. The summed E-state index contributed by atoms with van der Waals surface area (Å²) >= 11 is 17.7. The van der Waals surface area contributed by atoms with E-state index in [1.807, 2.05) is 97.9 Å². The van der Waals surface area contributed by atoms with Gasteiger partial charge in [-0.3, -0.25) is 5.41 Å². The number of hydrogen-bond donors (Lipinski definition) is 1. The van der Waals surface area contributed by atoms with Crippen molar-refractivity contribution in [3.8, 4) is 0 Å². The van der Waals surface area contributed by atoms with Crippen molar-refractivity contribution in [2.45, 2.75) is 55.1 Å². The van der Waals surface area contributed by atoms with E-state index in [2.05, 4.69) is 0 Å². The van der Waals surface area contributed by atoms with Crippen molar-refractivity contribution < 1.29 is 23.7 Å². The van der Waals surface area contributed by atoms with Gasteiger partial charge in [0.15, 0.2) is 0 Å². The number of nitrogens with one attached hydrogen (secondary N) is 1. The molecule has 9 heteroatoms. The summed E-state index contributed by atoms with van der Waals surface area (Å²) in [4.78, 5) is 0. The van der Waals surface area contributed by atoms with Crippen molar-refractivity contribution in [1.82, 2.24) is 0 Å². The fourth-order valence-electron chi connectivity index (χ4n) is 4.34. The molecule has 2 unspecified atom stereocenters. The molecule has 4 rings (SSSR count). The van der Waals surface area contributed by atoms with E-state index >= 15 is 0 Å². The highest BCUT2D eigenvalue weighted by atomic mass is 35.6. The van der Waals surface area contributed by atoms with Crippen LogP contribution in [-0.4, -0.2) is 40.9 Å². The Labute approximate surface area is 244 Å². The van der Waals surface area contributed by atoms with Gasteiger partial charge in [0.2, 0.25) is 12.2 Å². The molecule has 1 aliphatic heterocycles. The van der Waals surface area contributed by atoms with Crippen molar-refractivity contribution in [2.24, 2.45) is 5.92 Å². The zero-order chi connectivity index (χ0) is 27.7. The predicted octanol–water partition coefficient (Wildman–Crippen LogP) is 7.10. The molecule has 0 radical (unpaired) electrons. The lowest BCUT2D eigenvalue weighted by Gasteiger charge is -2.45. The van der Waals surface area contributed by atoms with Crippen LogP contribution in [-0.2, 0) is 43.5 Å². The molecule has 39 heavy (non-hydrogen) atoms. The van der Waals surface area contributed by atoms with E-state index in [0.717, 1.165) is 16.7 Å². The highest BCUT2D eigenvalue weighted by molar-refractivity contribution is 6.76.